The van der Waals surface area contributed by atoms with Gasteiger partial charge in [0.15, 0.2) is 0 Å². The molecule has 0 saturated heterocycles. The Morgan fingerprint density at radius 3 is 2.62 bits per heavy atom. The molecule has 4 nitrogen and oxygen atoms in total. The van der Waals surface area contributed by atoms with Crippen molar-refractivity contribution >= 4 is 0 Å². The number of methoxy groups -OCH3 is 1. The summed E-state index contributed by atoms with van der Waals surface area (Å²) in [5, 5.41) is 3.19. The van der Waals surface area contributed by atoms with E-state index in [1.807, 2.05) is 45.3 Å². The standard InChI is InChI=1S/C17H22N2O2/c1-12(2)21-16-8-14(10-19-11-16)17-6-5-15(20-4)7-13(17)9-18-3/h5-8,10-12,18H,9H2,1-4H3. The number of nitrogens with one attached hydrogen (secondary N) is 1. The molecule has 0 bridgehead atoms. The molecule has 0 aliphatic heterocycles. The molecule has 21 heavy (non-hydrogen) atoms. The molecular weight excluding hydrogens is 264 g/mol. The summed E-state index contributed by atoms with van der Waals surface area (Å²) in [6.45, 7) is 4.78. The van der Waals surface area contributed by atoms with Crippen LogP contribution in [0.25, 0.3) is 11.1 Å². The monoisotopic (exact) mass is 286 g/mol. The molecule has 0 aliphatic rings. The predicted molar refractivity (Wildman–Crippen MR) is 84.8 cm³/mol. The van der Waals surface area contributed by atoms with E-state index in [1.165, 1.54) is 5.56 Å². The third-order valence-corrected chi connectivity index (χ3v) is 3.08. The Bertz CT molecular complexity index is 597. The summed E-state index contributed by atoms with van der Waals surface area (Å²) in [4.78, 5) is 4.28. The zero-order valence-electron chi connectivity index (χ0n) is 13.0. The number of rotatable bonds is 6. The molecule has 112 valence electrons. The fourth-order valence-corrected chi connectivity index (χ4v) is 2.22. The van der Waals surface area contributed by atoms with Crippen LogP contribution >= 0.6 is 0 Å². The van der Waals surface area contributed by atoms with Crippen LogP contribution in [0.15, 0.2) is 36.7 Å². The van der Waals surface area contributed by atoms with Crippen molar-refractivity contribution in [2.75, 3.05) is 14.2 Å². The molecule has 1 aromatic carbocycles. The molecule has 1 N–H and O–H groups in total. The van der Waals surface area contributed by atoms with Gasteiger partial charge in [-0.1, -0.05) is 6.07 Å². The Hall–Kier alpha value is -2.07. The van der Waals surface area contributed by atoms with Crippen LogP contribution < -0.4 is 14.8 Å². The van der Waals surface area contributed by atoms with Gasteiger partial charge in [0.2, 0.25) is 0 Å². The van der Waals surface area contributed by atoms with Crippen LogP contribution in [0.4, 0.5) is 0 Å². The highest BCUT2D eigenvalue weighted by Gasteiger charge is 2.08. The smallest absolute Gasteiger partial charge is 0.138 e. The van der Waals surface area contributed by atoms with Gasteiger partial charge in [-0.2, -0.15) is 0 Å². The maximum absolute atomic E-state index is 5.72. The van der Waals surface area contributed by atoms with E-state index in [0.29, 0.717) is 0 Å². The van der Waals surface area contributed by atoms with Gasteiger partial charge in [0, 0.05) is 18.3 Å². The van der Waals surface area contributed by atoms with Gasteiger partial charge in [-0.05, 0) is 50.2 Å². The highest BCUT2D eigenvalue weighted by molar-refractivity contribution is 5.68. The van der Waals surface area contributed by atoms with Gasteiger partial charge in [0.1, 0.15) is 11.5 Å². The molecule has 0 aliphatic carbocycles. The molecule has 1 aromatic heterocycles. The summed E-state index contributed by atoms with van der Waals surface area (Å²) in [5.41, 5.74) is 3.34. The Morgan fingerprint density at radius 1 is 1.14 bits per heavy atom. The summed E-state index contributed by atoms with van der Waals surface area (Å²) >= 11 is 0. The molecule has 0 amide bonds. The molecule has 0 radical (unpaired) electrons. The lowest BCUT2D eigenvalue weighted by Crippen LogP contribution is -2.07. The van der Waals surface area contributed by atoms with Gasteiger partial charge in [-0.3, -0.25) is 4.98 Å². The summed E-state index contributed by atoms with van der Waals surface area (Å²) in [5.74, 6) is 1.64. The molecule has 1 heterocycles. The fraction of sp³-hybridized carbons (Fsp3) is 0.353. The number of hydrogen-bond donors (Lipinski definition) is 1. The van der Waals surface area contributed by atoms with Gasteiger partial charge in [-0.15, -0.1) is 0 Å². The summed E-state index contributed by atoms with van der Waals surface area (Å²) in [7, 11) is 3.61. The van der Waals surface area contributed by atoms with E-state index in [2.05, 4.69) is 16.4 Å². The molecule has 2 aromatic rings. The maximum Gasteiger partial charge on any atom is 0.138 e. The van der Waals surface area contributed by atoms with Gasteiger partial charge in [0.25, 0.3) is 0 Å². The first-order valence-corrected chi connectivity index (χ1v) is 7.07. The lowest BCUT2D eigenvalue weighted by atomic mass is 10.0. The van der Waals surface area contributed by atoms with Crippen molar-refractivity contribution in [1.29, 1.82) is 0 Å². The highest BCUT2D eigenvalue weighted by Crippen LogP contribution is 2.29. The molecule has 4 heteroatoms. The Balaban J connectivity index is 2.40. The van der Waals surface area contributed by atoms with Crippen molar-refractivity contribution in [3.8, 4) is 22.6 Å². The minimum Gasteiger partial charge on any atom is -0.497 e. The number of nitrogens with zero attached hydrogens (tertiary/aromatic N) is 1. The van der Waals surface area contributed by atoms with Crippen LogP contribution in [0, 0.1) is 0 Å². The SMILES string of the molecule is CNCc1cc(OC)ccc1-c1cncc(OC(C)C)c1. The summed E-state index contributed by atoms with van der Waals surface area (Å²) < 4.78 is 11.0. The Morgan fingerprint density at radius 2 is 1.95 bits per heavy atom. The van der Waals surface area contributed by atoms with E-state index < -0.39 is 0 Å². The Labute approximate surface area is 126 Å². The second kappa shape index (κ2) is 7.09. The maximum atomic E-state index is 5.72. The van der Waals surface area contributed by atoms with Crippen LogP contribution in [0.3, 0.4) is 0 Å². The number of hydrogen-bond acceptors (Lipinski definition) is 4. The van der Waals surface area contributed by atoms with Gasteiger partial charge < -0.3 is 14.8 Å². The van der Waals surface area contributed by atoms with E-state index in [-0.39, 0.29) is 6.10 Å². The van der Waals surface area contributed by atoms with Gasteiger partial charge in [0.05, 0.1) is 19.4 Å². The zero-order chi connectivity index (χ0) is 15.2. The van der Waals surface area contributed by atoms with Crippen molar-refractivity contribution in [2.45, 2.75) is 26.5 Å². The van der Waals surface area contributed by atoms with E-state index in [9.17, 15) is 0 Å². The average Bonchev–Trinajstić information content (AvgIpc) is 2.47. The molecule has 0 fully saturated rings. The van der Waals surface area contributed by atoms with Crippen molar-refractivity contribution in [2.24, 2.45) is 0 Å². The number of benzene rings is 1. The van der Waals surface area contributed by atoms with Crippen molar-refractivity contribution in [3.05, 3.63) is 42.2 Å². The zero-order valence-corrected chi connectivity index (χ0v) is 13.0. The first kappa shape index (κ1) is 15.3. The topological polar surface area (TPSA) is 43.4 Å². The lowest BCUT2D eigenvalue weighted by Gasteiger charge is -2.13. The van der Waals surface area contributed by atoms with Crippen LogP contribution in [0.1, 0.15) is 19.4 Å². The van der Waals surface area contributed by atoms with Crippen LogP contribution in [0.5, 0.6) is 11.5 Å². The normalized spacial score (nSPS) is 10.7. The minimum absolute atomic E-state index is 0.134. The number of ether oxygens (including phenoxy) is 2. The van der Waals surface area contributed by atoms with Gasteiger partial charge >= 0.3 is 0 Å². The third kappa shape index (κ3) is 3.95. The highest BCUT2D eigenvalue weighted by atomic mass is 16.5. The fourth-order valence-electron chi connectivity index (χ4n) is 2.22. The first-order valence-electron chi connectivity index (χ1n) is 7.07. The summed E-state index contributed by atoms with van der Waals surface area (Å²) in [6, 6.07) is 8.09. The van der Waals surface area contributed by atoms with E-state index in [1.54, 1.807) is 13.3 Å². The van der Waals surface area contributed by atoms with Crippen molar-refractivity contribution in [3.63, 3.8) is 0 Å². The summed E-state index contributed by atoms with van der Waals surface area (Å²) in [6.07, 6.45) is 3.73. The second-order valence-corrected chi connectivity index (χ2v) is 5.13. The number of pyridine rings is 1. The van der Waals surface area contributed by atoms with E-state index >= 15 is 0 Å². The van der Waals surface area contributed by atoms with Crippen molar-refractivity contribution in [1.82, 2.24) is 10.3 Å². The molecular formula is C17H22N2O2. The quantitative estimate of drug-likeness (QED) is 0.885. The van der Waals surface area contributed by atoms with Crippen LogP contribution in [0.2, 0.25) is 0 Å². The molecule has 0 atom stereocenters. The Kier molecular flexibility index (Phi) is 5.17. The minimum atomic E-state index is 0.134. The largest absolute Gasteiger partial charge is 0.497 e. The molecule has 0 unspecified atom stereocenters. The third-order valence-electron chi connectivity index (χ3n) is 3.08. The lowest BCUT2D eigenvalue weighted by molar-refractivity contribution is 0.241. The van der Waals surface area contributed by atoms with E-state index in [0.717, 1.165) is 29.2 Å². The second-order valence-electron chi connectivity index (χ2n) is 5.13. The number of aromatic nitrogens is 1. The van der Waals surface area contributed by atoms with Gasteiger partial charge in [-0.25, -0.2) is 0 Å². The average molecular weight is 286 g/mol. The molecule has 0 spiro atoms. The first-order chi connectivity index (χ1) is 10.1. The van der Waals surface area contributed by atoms with Crippen LogP contribution in [-0.4, -0.2) is 25.2 Å². The van der Waals surface area contributed by atoms with Crippen LogP contribution in [-0.2, 0) is 6.54 Å². The molecule has 0 saturated carbocycles. The molecule has 2 rings (SSSR count). The van der Waals surface area contributed by atoms with Crippen molar-refractivity contribution < 1.29 is 9.47 Å². The predicted octanol–water partition coefficient (Wildman–Crippen LogP) is 3.26. The van der Waals surface area contributed by atoms with E-state index in [4.69, 9.17) is 9.47 Å².